The number of pyridine rings is 1. The summed E-state index contributed by atoms with van der Waals surface area (Å²) in [6.07, 6.45) is 4.19. The lowest BCUT2D eigenvalue weighted by atomic mass is 9.96. The average molecular weight is 703 g/mol. The van der Waals surface area contributed by atoms with Crippen LogP contribution in [0.4, 0.5) is 17.1 Å². The van der Waals surface area contributed by atoms with Gasteiger partial charge in [0.1, 0.15) is 11.5 Å². The Morgan fingerprint density at radius 1 is 0.556 bits per heavy atom. The highest BCUT2D eigenvalue weighted by atomic mass is 15.2. The molecule has 0 fully saturated rings. The monoisotopic (exact) mass is 702 g/mol. The van der Waals surface area contributed by atoms with Crippen molar-refractivity contribution >= 4 is 49.9 Å². The van der Waals surface area contributed by atoms with E-state index in [4.69, 9.17) is 4.98 Å². The molecule has 264 valence electrons. The molecule has 0 unspecified atom stereocenters. The van der Waals surface area contributed by atoms with Gasteiger partial charge in [-0.15, -0.1) is 0 Å². The van der Waals surface area contributed by atoms with E-state index in [0.29, 0.717) is 6.04 Å². The molecule has 0 saturated carbocycles. The highest BCUT2D eigenvalue weighted by Gasteiger charge is 2.23. The van der Waals surface area contributed by atoms with Gasteiger partial charge in [0, 0.05) is 46.9 Å². The molecule has 0 spiro atoms. The van der Waals surface area contributed by atoms with Crippen LogP contribution < -0.4 is 4.90 Å². The third kappa shape index (κ3) is 5.47. The van der Waals surface area contributed by atoms with Crippen LogP contribution in [0.5, 0.6) is 0 Å². The van der Waals surface area contributed by atoms with E-state index in [0.717, 1.165) is 33.9 Å². The lowest BCUT2D eigenvalue weighted by molar-refractivity contribution is 0.612. The van der Waals surface area contributed by atoms with E-state index < -0.39 is 0 Å². The number of nitrogens with zero attached hydrogens (tertiary/aromatic N) is 5. The summed E-state index contributed by atoms with van der Waals surface area (Å²) in [4.78, 5) is 7.44. The maximum Gasteiger partial charge on any atom is 0.191 e. The third-order valence-electron chi connectivity index (χ3n) is 10.9. The van der Waals surface area contributed by atoms with Crippen LogP contribution >= 0.6 is 0 Å². The molecule has 6 aromatic carbocycles. The molecule has 54 heavy (non-hydrogen) atoms. The standard InChI is InChI=1S/C49H44N5/c1-32(2)51-31-52(45-23-10-9-22-44(45)51)38-18-13-19-39(29-38)53(49-35(5)16-12-17-36(49)6)40-24-25-42-41-20-7-8-21-43(41)54(46(42)30-40)47-28-37(26-27-50-47)48-33(3)14-11-15-34(48)4/h7-32H,1-6H3/q+1. The van der Waals surface area contributed by atoms with Gasteiger partial charge in [0.05, 0.1) is 28.5 Å². The van der Waals surface area contributed by atoms with Gasteiger partial charge in [-0.05, 0) is 130 Å². The fourth-order valence-corrected chi connectivity index (χ4v) is 8.41. The van der Waals surface area contributed by atoms with Crippen molar-refractivity contribution in [3.63, 3.8) is 0 Å². The summed E-state index contributed by atoms with van der Waals surface area (Å²) in [7, 11) is 0. The molecule has 3 heterocycles. The summed E-state index contributed by atoms with van der Waals surface area (Å²) in [5, 5.41) is 2.40. The van der Waals surface area contributed by atoms with Crippen LogP contribution in [0.15, 0.2) is 152 Å². The number of fused-ring (bicyclic) bond motifs is 4. The van der Waals surface area contributed by atoms with Gasteiger partial charge in [-0.2, -0.15) is 4.57 Å². The Morgan fingerprint density at radius 3 is 1.93 bits per heavy atom. The molecule has 9 rings (SSSR count). The minimum atomic E-state index is 0.333. The zero-order valence-corrected chi connectivity index (χ0v) is 31.7. The minimum Gasteiger partial charge on any atom is -0.309 e. The number of imidazole rings is 1. The van der Waals surface area contributed by atoms with Crippen molar-refractivity contribution in [2.75, 3.05) is 4.90 Å². The number of rotatable bonds is 7. The van der Waals surface area contributed by atoms with Crippen LogP contribution in [0.25, 0.3) is 55.5 Å². The summed E-state index contributed by atoms with van der Waals surface area (Å²) < 4.78 is 7.00. The number of anilines is 3. The summed E-state index contributed by atoms with van der Waals surface area (Å²) in [6, 6.07) is 51.0. The molecular weight excluding hydrogens is 659 g/mol. The lowest BCUT2D eigenvalue weighted by Crippen LogP contribution is -2.13. The Balaban J connectivity index is 1.27. The first-order chi connectivity index (χ1) is 26.3. The maximum atomic E-state index is 5.01. The zero-order chi connectivity index (χ0) is 37.1. The first kappa shape index (κ1) is 33.4. The van der Waals surface area contributed by atoms with Gasteiger partial charge in [-0.3, -0.25) is 4.57 Å². The van der Waals surface area contributed by atoms with Crippen molar-refractivity contribution in [1.29, 1.82) is 0 Å². The highest BCUT2D eigenvalue weighted by Crippen LogP contribution is 2.43. The fraction of sp³-hybridized carbons (Fsp3) is 0.143. The van der Waals surface area contributed by atoms with Crippen molar-refractivity contribution in [2.45, 2.75) is 47.6 Å². The molecule has 0 atom stereocenters. The summed E-state index contributed by atoms with van der Waals surface area (Å²) in [5.74, 6) is 0.900. The number of benzene rings is 6. The van der Waals surface area contributed by atoms with Gasteiger partial charge in [-0.25, -0.2) is 9.55 Å². The number of aromatic nitrogens is 4. The van der Waals surface area contributed by atoms with E-state index in [-0.39, 0.29) is 0 Å². The topological polar surface area (TPSA) is 30.9 Å². The molecule has 9 aromatic rings. The largest absolute Gasteiger partial charge is 0.309 e. The van der Waals surface area contributed by atoms with E-state index >= 15 is 0 Å². The highest BCUT2D eigenvalue weighted by molar-refractivity contribution is 6.10. The van der Waals surface area contributed by atoms with E-state index in [2.05, 4.69) is 206 Å². The van der Waals surface area contributed by atoms with Crippen molar-refractivity contribution in [3.05, 3.63) is 174 Å². The number of aryl methyl sites for hydroxylation is 4. The van der Waals surface area contributed by atoms with E-state index in [1.165, 1.54) is 60.9 Å². The first-order valence-electron chi connectivity index (χ1n) is 18.8. The quantitative estimate of drug-likeness (QED) is 0.155. The molecule has 5 nitrogen and oxygen atoms in total. The van der Waals surface area contributed by atoms with Gasteiger partial charge in [0.15, 0.2) is 17.4 Å². The summed E-state index contributed by atoms with van der Waals surface area (Å²) in [5.41, 5.74) is 16.5. The predicted octanol–water partition coefficient (Wildman–Crippen LogP) is 13.2. The molecule has 0 saturated heterocycles. The van der Waals surface area contributed by atoms with Crippen LogP contribution in [-0.4, -0.2) is 18.7 Å². The second kappa shape index (κ2) is 13.2. The van der Waals surface area contributed by atoms with Crippen LogP contribution in [-0.2, 0) is 0 Å². The zero-order valence-electron chi connectivity index (χ0n) is 31.7. The van der Waals surface area contributed by atoms with Gasteiger partial charge in [-0.1, -0.05) is 60.7 Å². The Morgan fingerprint density at radius 2 is 1.19 bits per heavy atom. The summed E-state index contributed by atoms with van der Waals surface area (Å²) in [6.45, 7) is 13.3. The van der Waals surface area contributed by atoms with Gasteiger partial charge in [0.2, 0.25) is 0 Å². The predicted molar refractivity (Wildman–Crippen MR) is 227 cm³/mol. The number of hydrogen-bond donors (Lipinski definition) is 0. The SMILES string of the molecule is Cc1cccc(C)c1-c1ccnc(-n2c3ccccc3c3ccc(N(c4cccc(-n5[cH+]n(C(C)C)c6ccccc65)c4)c4c(C)cccc4C)cc32)c1. The van der Waals surface area contributed by atoms with Gasteiger partial charge >= 0.3 is 0 Å². The number of para-hydroxylation sites is 4. The molecular formula is C49H44N5+. The Bertz CT molecular complexity index is 2830. The van der Waals surface area contributed by atoms with Crippen molar-refractivity contribution in [1.82, 2.24) is 18.7 Å². The number of hydrogen-bond acceptors (Lipinski definition) is 2. The molecule has 0 aliphatic rings. The first-order valence-corrected chi connectivity index (χ1v) is 18.8. The fourth-order valence-electron chi connectivity index (χ4n) is 8.41. The molecule has 0 amide bonds. The molecule has 0 aliphatic heterocycles. The van der Waals surface area contributed by atoms with Crippen LogP contribution in [0, 0.1) is 27.7 Å². The van der Waals surface area contributed by atoms with Crippen LogP contribution in [0.2, 0.25) is 0 Å². The van der Waals surface area contributed by atoms with E-state index in [9.17, 15) is 0 Å². The lowest BCUT2D eigenvalue weighted by Gasteiger charge is -2.29. The third-order valence-corrected chi connectivity index (χ3v) is 10.9. The Labute approximate surface area is 317 Å². The Kier molecular flexibility index (Phi) is 8.15. The van der Waals surface area contributed by atoms with Crippen LogP contribution in [0.3, 0.4) is 0 Å². The molecule has 5 heteroatoms. The molecule has 0 bridgehead atoms. The molecule has 0 radical (unpaired) electrons. The van der Waals surface area contributed by atoms with Crippen molar-refractivity contribution in [3.8, 4) is 22.6 Å². The second-order valence-corrected chi connectivity index (χ2v) is 14.8. The van der Waals surface area contributed by atoms with E-state index in [1.807, 2.05) is 6.20 Å². The van der Waals surface area contributed by atoms with Crippen LogP contribution in [0.1, 0.15) is 42.1 Å². The smallest absolute Gasteiger partial charge is 0.191 e. The van der Waals surface area contributed by atoms with Crippen molar-refractivity contribution < 1.29 is 0 Å². The molecule has 0 N–H and O–H groups in total. The van der Waals surface area contributed by atoms with Gasteiger partial charge in [0.25, 0.3) is 0 Å². The van der Waals surface area contributed by atoms with Gasteiger partial charge < -0.3 is 4.90 Å². The van der Waals surface area contributed by atoms with E-state index in [1.54, 1.807) is 0 Å². The second-order valence-electron chi connectivity index (χ2n) is 14.8. The summed E-state index contributed by atoms with van der Waals surface area (Å²) >= 11 is 0. The minimum absolute atomic E-state index is 0.333. The maximum absolute atomic E-state index is 5.01. The molecule has 0 aliphatic carbocycles. The normalized spacial score (nSPS) is 11.7. The molecule has 3 aromatic heterocycles. The van der Waals surface area contributed by atoms with Crippen molar-refractivity contribution in [2.24, 2.45) is 0 Å². The average Bonchev–Trinajstić information content (AvgIpc) is 3.73. The Hall–Kier alpha value is -6.46.